The van der Waals surface area contributed by atoms with Crippen LogP contribution in [0, 0.1) is 5.92 Å². The molecule has 0 amide bonds. The van der Waals surface area contributed by atoms with Crippen LogP contribution in [-0.2, 0) is 0 Å². The van der Waals surface area contributed by atoms with Crippen LogP contribution in [0.3, 0.4) is 0 Å². The van der Waals surface area contributed by atoms with E-state index in [-0.39, 0.29) is 0 Å². The number of thioether (sulfide) groups is 1. The molecule has 15 heavy (non-hydrogen) atoms. The fourth-order valence-electron chi connectivity index (χ4n) is 2.15. The number of rotatable bonds is 7. The second-order valence-electron chi connectivity index (χ2n) is 4.88. The molecule has 0 aliphatic heterocycles. The van der Waals surface area contributed by atoms with Gasteiger partial charge in [0.2, 0.25) is 0 Å². The minimum Gasteiger partial charge on any atom is -0.313 e. The second-order valence-corrected chi connectivity index (χ2v) is 6.10. The molecule has 1 saturated carbocycles. The van der Waals surface area contributed by atoms with Gasteiger partial charge in [0.05, 0.1) is 0 Å². The first-order chi connectivity index (χ1) is 7.33. The topological polar surface area (TPSA) is 12.0 Å². The fraction of sp³-hybridized carbons (Fsp3) is 1.00. The zero-order chi connectivity index (χ0) is 10.9. The van der Waals surface area contributed by atoms with Crippen molar-refractivity contribution in [2.75, 3.05) is 18.1 Å². The third kappa shape index (κ3) is 6.47. The summed E-state index contributed by atoms with van der Waals surface area (Å²) in [6.45, 7) is 5.87. The smallest absolute Gasteiger partial charge is 0.00675 e. The largest absolute Gasteiger partial charge is 0.313 e. The predicted molar refractivity (Wildman–Crippen MR) is 71.7 cm³/mol. The van der Waals surface area contributed by atoms with Gasteiger partial charge >= 0.3 is 0 Å². The van der Waals surface area contributed by atoms with E-state index in [1.807, 2.05) is 0 Å². The third-order valence-corrected chi connectivity index (χ3v) is 4.41. The summed E-state index contributed by atoms with van der Waals surface area (Å²) < 4.78 is 0. The average Bonchev–Trinajstić information content (AvgIpc) is 2.26. The van der Waals surface area contributed by atoms with Crippen LogP contribution in [0.5, 0.6) is 0 Å². The molecule has 0 unspecified atom stereocenters. The third-order valence-electron chi connectivity index (χ3n) is 3.34. The van der Waals surface area contributed by atoms with Crippen molar-refractivity contribution in [3.63, 3.8) is 0 Å². The van der Waals surface area contributed by atoms with Crippen LogP contribution in [0.15, 0.2) is 0 Å². The zero-order valence-electron chi connectivity index (χ0n) is 10.4. The van der Waals surface area contributed by atoms with Crippen LogP contribution < -0.4 is 5.32 Å². The molecule has 1 aliphatic carbocycles. The van der Waals surface area contributed by atoms with Gasteiger partial charge < -0.3 is 5.32 Å². The summed E-state index contributed by atoms with van der Waals surface area (Å²) in [5.41, 5.74) is 0. The monoisotopic (exact) mass is 229 g/mol. The van der Waals surface area contributed by atoms with Gasteiger partial charge in [0.25, 0.3) is 0 Å². The van der Waals surface area contributed by atoms with Crippen LogP contribution in [0.2, 0.25) is 0 Å². The minimum absolute atomic E-state index is 0.827. The van der Waals surface area contributed by atoms with Gasteiger partial charge in [-0.05, 0) is 43.8 Å². The molecule has 0 radical (unpaired) electrons. The van der Waals surface area contributed by atoms with Crippen molar-refractivity contribution in [1.29, 1.82) is 0 Å². The Kier molecular flexibility index (Phi) is 7.54. The molecular weight excluding hydrogens is 202 g/mol. The molecule has 1 aliphatic rings. The second kappa shape index (κ2) is 8.46. The summed E-state index contributed by atoms with van der Waals surface area (Å²) in [4.78, 5) is 0. The van der Waals surface area contributed by atoms with Gasteiger partial charge in [-0.15, -0.1) is 0 Å². The summed E-state index contributed by atoms with van der Waals surface area (Å²) in [6.07, 6.45) is 8.38. The van der Waals surface area contributed by atoms with Gasteiger partial charge in [-0.1, -0.05) is 20.3 Å². The quantitative estimate of drug-likeness (QED) is 0.668. The molecule has 90 valence electrons. The Balaban J connectivity index is 1.87. The van der Waals surface area contributed by atoms with E-state index in [1.54, 1.807) is 0 Å². The van der Waals surface area contributed by atoms with E-state index in [1.165, 1.54) is 56.6 Å². The highest BCUT2D eigenvalue weighted by atomic mass is 32.2. The normalized spacial score (nSPS) is 26.8. The highest BCUT2D eigenvalue weighted by Gasteiger charge is 2.16. The summed E-state index contributed by atoms with van der Waals surface area (Å²) in [6, 6.07) is 0.827. The van der Waals surface area contributed by atoms with Crippen LogP contribution >= 0.6 is 11.8 Å². The summed E-state index contributed by atoms with van der Waals surface area (Å²) >= 11 is 2.10. The molecule has 1 nitrogen and oxygen atoms in total. The van der Waals surface area contributed by atoms with Gasteiger partial charge in [-0.3, -0.25) is 0 Å². The number of hydrogen-bond acceptors (Lipinski definition) is 2. The van der Waals surface area contributed by atoms with Crippen LogP contribution in [0.1, 0.15) is 52.4 Å². The highest BCUT2D eigenvalue weighted by molar-refractivity contribution is 7.99. The van der Waals surface area contributed by atoms with Crippen molar-refractivity contribution >= 4 is 11.8 Å². The lowest BCUT2D eigenvalue weighted by atomic mass is 9.87. The first-order valence-electron chi connectivity index (χ1n) is 6.64. The maximum Gasteiger partial charge on any atom is 0.00675 e. The van der Waals surface area contributed by atoms with Crippen molar-refractivity contribution in [3.8, 4) is 0 Å². The molecule has 1 fully saturated rings. The van der Waals surface area contributed by atoms with E-state index < -0.39 is 0 Å². The Bertz CT molecular complexity index is 141. The molecule has 0 saturated heterocycles. The Hall–Kier alpha value is 0.310. The number of nitrogens with one attached hydrogen (secondary N) is 1. The first-order valence-corrected chi connectivity index (χ1v) is 7.79. The molecule has 1 rings (SSSR count). The SMILES string of the molecule is CCCCSCCNC1CCC(C)CC1. The number of hydrogen-bond donors (Lipinski definition) is 1. The van der Waals surface area contributed by atoms with Crippen molar-refractivity contribution in [2.24, 2.45) is 5.92 Å². The van der Waals surface area contributed by atoms with Crippen molar-refractivity contribution in [1.82, 2.24) is 5.32 Å². The van der Waals surface area contributed by atoms with Crippen molar-refractivity contribution in [2.45, 2.75) is 58.4 Å². The van der Waals surface area contributed by atoms with Gasteiger partial charge in [0.15, 0.2) is 0 Å². The van der Waals surface area contributed by atoms with E-state index in [0.717, 1.165) is 12.0 Å². The average molecular weight is 229 g/mol. The molecule has 2 heteroatoms. The van der Waals surface area contributed by atoms with Gasteiger partial charge in [-0.2, -0.15) is 11.8 Å². The molecule has 0 aromatic carbocycles. The standard InChI is InChI=1S/C13H27NS/c1-3-4-10-15-11-9-14-13-7-5-12(2)6-8-13/h12-14H,3-11H2,1-2H3. The van der Waals surface area contributed by atoms with Gasteiger partial charge in [0.1, 0.15) is 0 Å². The van der Waals surface area contributed by atoms with Crippen LogP contribution in [0.4, 0.5) is 0 Å². The minimum atomic E-state index is 0.827. The molecule has 1 N–H and O–H groups in total. The highest BCUT2D eigenvalue weighted by Crippen LogP contribution is 2.23. The Morgan fingerprint density at radius 1 is 1.13 bits per heavy atom. The molecule has 0 atom stereocenters. The molecule has 0 heterocycles. The maximum atomic E-state index is 3.70. The Morgan fingerprint density at radius 2 is 1.87 bits per heavy atom. The van der Waals surface area contributed by atoms with Crippen LogP contribution in [0.25, 0.3) is 0 Å². The molecular formula is C13H27NS. The zero-order valence-corrected chi connectivity index (χ0v) is 11.2. The van der Waals surface area contributed by atoms with E-state index in [4.69, 9.17) is 0 Å². The molecule has 0 aromatic heterocycles. The first kappa shape index (κ1) is 13.4. The molecule has 0 bridgehead atoms. The van der Waals surface area contributed by atoms with E-state index in [0.29, 0.717) is 0 Å². The maximum absolute atomic E-state index is 3.70. The van der Waals surface area contributed by atoms with E-state index in [9.17, 15) is 0 Å². The van der Waals surface area contributed by atoms with Gasteiger partial charge in [0, 0.05) is 18.3 Å². The summed E-state index contributed by atoms with van der Waals surface area (Å²) in [5, 5.41) is 3.70. The predicted octanol–water partition coefficient (Wildman–Crippen LogP) is 3.69. The van der Waals surface area contributed by atoms with E-state index >= 15 is 0 Å². The van der Waals surface area contributed by atoms with Crippen molar-refractivity contribution < 1.29 is 0 Å². The van der Waals surface area contributed by atoms with Crippen LogP contribution in [-0.4, -0.2) is 24.1 Å². The van der Waals surface area contributed by atoms with Gasteiger partial charge in [-0.25, -0.2) is 0 Å². The Labute approximate surface area is 99.8 Å². The lowest BCUT2D eigenvalue weighted by Gasteiger charge is -2.26. The lowest BCUT2D eigenvalue weighted by molar-refractivity contribution is 0.312. The number of unbranched alkanes of at least 4 members (excludes halogenated alkanes) is 1. The van der Waals surface area contributed by atoms with Crippen molar-refractivity contribution in [3.05, 3.63) is 0 Å². The lowest BCUT2D eigenvalue weighted by Crippen LogP contribution is -2.34. The molecule has 0 aromatic rings. The van der Waals surface area contributed by atoms with E-state index in [2.05, 4.69) is 30.9 Å². The summed E-state index contributed by atoms with van der Waals surface area (Å²) in [7, 11) is 0. The Morgan fingerprint density at radius 3 is 2.53 bits per heavy atom. The fourth-order valence-corrected chi connectivity index (χ4v) is 3.11. The molecule has 0 spiro atoms. The summed E-state index contributed by atoms with van der Waals surface area (Å²) in [5.74, 6) is 3.62.